The zero-order valence-electron chi connectivity index (χ0n) is 11.2. The fourth-order valence-corrected chi connectivity index (χ4v) is 2.72. The lowest BCUT2D eigenvalue weighted by atomic mass is 9.94. The zero-order valence-corrected chi connectivity index (χ0v) is 11.2. The molecule has 1 atom stereocenters. The third-order valence-electron chi connectivity index (χ3n) is 3.62. The Kier molecular flexibility index (Phi) is 4.70. The van der Waals surface area contributed by atoms with Gasteiger partial charge in [0.1, 0.15) is 11.9 Å². The van der Waals surface area contributed by atoms with Gasteiger partial charge in [0.2, 0.25) is 0 Å². The standard InChI is InChI=1S/C15H17FN2O2/c16-14-4-3-12(6-13(14)8-17)10-18-5-1-2-11(9-18)7-15(19)20/h3-4,6,11H,1-2,5,7,9-10H2,(H,19,20). The van der Waals surface area contributed by atoms with Crippen molar-refractivity contribution in [1.29, 1.82) is 5.26 Å². The second kappa shape index (κ2) is 6.49. The normalized spacial score (nSPS) is 19.5. The van der Waals surface area contributed by atoms with Gasteiger partial charge in [-0.2, -0.15) is 5.26 Å². The highest BCUT2D eigenvalue weighted by molar-refractivity contribution is 5.67. The molecule has 0 radical (unpaired) electrons. The Balaban J connectivity index is 1.99. The third-order valence-corrected chi connectivity index (χ3v) is 3.62. The summed E-state index contributed by atoms with van der Waals surface area (Å²) in [6, 6.07) is 6.39. The first kappa shape index (κ1) is 14.5. The average Bonchev–Trinajstić information content (AvgIpc) is 2.40. The molecule has 4 nitrogen and oxygen atoms in total. The average molecular weight is 276 g/mol. The molecule has 1 aromatic carbocycles. The summed E-state index contributed by atoms with van der Waals surface area (Å²) in [5, 5.41) is 17.7. The van der Waals surface area contributed by atoms with Crippen LogP contribution in [-0.2, 0) is 11.3 Å². The number of piperidine rings is 1. The van der Waals surface area contributed by atoms with E-state index in [0.717, 1.165) is 31.5 Å². The van der Waals surface area contributed by atoms with Gasteiger partial charge in [-0.05, 0) is 43.0 Å². The largest absolute Gasteiger partial charge is 0.481 e. The van der Waals surface area contributed by atoms with Gasteiger partial charge in [-0.1, -0.05) is 6.07 Å². The quantitative estimate of drug-likeness (QED) is 0.917. The van der Waals surface area contributed by atoms with Crippen molar-refractivity contribution >= 4 is 5.97 Å². The van der Waals surface area contributed by atoms with Crippen LogP contribution in [0, 0.1) is 23.1 Å². The summed E-state index contributed by atoms with van der Waals surface area (Å²) in [5.41, 5.74) is 0.945. The van der Waals surface area contributed by atoms with E-state index in [9.17, 15) is 9.18 Å². The summed E-state index contributed by atoms with van der Waals surface area (Å²) in [7, 11) is 0. The Morgan fingerprint density at radius 2 is 2.35 bits per heavy atom. The van der Waals surface area contributed by atoms with Gasteiger partial charge < -0.3 is 5.11 Å². The van der Waals surface area contributed by atoms with Crippen molar-refractivity contribution in [2.24, 2.45) is 5.92 Å². The smallest absolute Gasteiger partial charge is 0.303 e. The lowest BCUT2D eigenvalue weighted by Gasteiger charge is -2.32. The van der Waals surface area contributed by atoms with Crippen molar-refractivity contribution in [2.75, 3.05) is 13.1 Å². The van der Waals surface area contributed by atoms with Crippen molar-refractivity contribution in [3.8, 4) is 6.07 Å². The lowest BCUT2D eigenvalue weighted by molar-refractivity contribution is -0.138. The molecule has 0 aliphatic carbocycles. The maximum absolute atomic E-state index is 13.3. The molecule has 1 aliphatic heterocycles. The number of halogens is 1. The van der Waals surface area contributed by atoms with Gasteiger partial charge in [-0.25, -0.2) is 4.39 Å². The number of hydrogen-bond acceptors (Lipinski definition) is 3. The summed E-state index contributed by atoms with van der Waals surface area (Å²) in [6.07, 6.45) is 2.11. The number of hydrogen-bond donors (Lipinski definition) is 1. The molecule has 0 aromatic heterocycles. The molecular formula is C15H17FN2O2. The number of carboxylic acid groups (broad SMARTS) is 1. The van der Waals surface area contributed by atoms with Gasteiger partial charge in [-0.3, -0.25) is 9.69 Å². The van der Waals surface area contributed by atoms with Gasteiger partial charge in [0.15, 0.2) is 0 Å². The first-order chi connectivity index (χ1) is 9.58. The van der Waals surface area contributed by atoms with Crippen LogP contribution in [0.25, 0.3) is 0 Å². The van der Waals surface area contributed by atoms with Gasteiger partial charge >= 0.3 is 5.97 Å². The predicted molar refractivity (Wildman–Crippen MR) is 71.4 cm³/mol. The molecule has 0 spiro atoms. The number of nitriles is 1. The van der Waals surface area contributed by atoms with Crippen LogP contribution in [0.4, 0.5) is 4.39 Å². The van der Waals surface area contributed by atoms with Crippen molar-refractivity contribution in [3.05, 3.63) is 35.1 Å². The van der Waals surface area contributed by atoms with Gasteiger partial charge in [0.25, 0.3) is 0 Å². The number of likely N-dealkylation sites (tertiary alicyclic amines) is 1. The molecule has 0 saturated carbocycles. The van der Waals surface area contributed by atoms with E-state index in [1.165, 1.54) is 6.07 Å². The molecule has 1 N–H and O–H groups in total. The molecule has 0 bridgehead atoms. The van der Waals surface area contributed by atoms with E-state index in [1.807, 2.05) is 6.07 Å². The zero-order chi connectivity index (χ0) is 14.5. The number of benzene rings is 1. The first-order valence-corrected chi connectivity index (χ1v) is 6.71. The molecule has 1 aliphatic rings. The van der Waals surface area contributed by atoms with E-state index in [2.05, 4.69) is 4.90 Å². The summed E-state index contributed by atoms with van der Waals surface area (Å²) >= 11 is 0. The van der Waals surface area contributed by atoms with Crippen molar-refractivity contribution in [1.82, 2.24) is 4.90 Å². The fourth-order valence-electron chi connectivity index (χ4n) is 2.72. The van der Waals surface area contributed by atoms with Crippen LogP contribution >= 0.6 is 0 Å². The second-order valence-corrected chi connectivity index (χ2v) is 5.27. The summed E-state index contributed by atoms with van der Waals surface area (Å²) < 4.78 is 13.3. The minimum atomic E-state index is -0.759. The second-order valence-electron chi connectivity index (χ2n) is 5.27. The Morgan fingerprint density at radius 1 is 1.55 bits per heavy atom. The van der Waals surface area contributed by atoms with Gasteiger partial charge in [-0.15, -0.1) is 0 Å². The molecule has 0 amide bonds. The molecule has 1 unspecified atom stereocenters. The van der Waals surface area contributed by atoms with E-state index >= 15 is 0 Å². The number of nitrogens with zero attached hydrogens (tertiary/aromatic N) is 2. The molecular weight excluding hydrogens is 259 g/mol. The maximum Gasteiger partial charge on any atom is 0.303 e. The Hall–Kier alpha value is -1.93. The van der Waals surface area contributed by atoms with Crippen LogP contribution in [0.1, 0.15) is 30.4 Å². The fraction of sp³-hybridized carbons (Fsp3) is 0.467. The molecule has 1 saturated heterocycles. The van der Waals surface area contributed by atoms with Crippen molar-refractivity contribution in [2.45, 2.75) is 25.8 Å². The Labute approximate surface area is 117 Å². The highest BCUT2D eigenvalue weighted by atomic mass is 19.1. The van der Waals surface area contributed by atoms with E-state index in [-0.39, 0.29) is 17.9 Å². The number of carboxylic acids is 1. The lowest BCUT2D eigenvalue weighted by Crippen LogP contribution is -2.35. The van der Waals surface area contributed by atoms with E-state index in [0.29, 0.717) is 6.54 Å². The minimum absolute atomic E-state index is 0.0570. The highest BCUT2D eigenvalue weighted by Crippen LogP contribution is 2.21. The summed E-state index contributed by atoms with van der Waals surface area (Å²) in [6.45, 7) is 2.28. The number of rotatable bonds is 4. The summed E-state index contributed by atoms with van der Waals surface area (Å²) in [5.74, 6) is -1.08. The van der Waals surface area contributed by atoms with Crippen LogP contribution in [0.5, 0.6) is 0 Å². The molecule has 2 rings (SSSR count). The topological polar surface area (TPSA) is 64.3 Å². The number of carbonyl (C=O) groups is 1. The molecule has 1 aromatic rings. The molecule has 106 valence electrons. The Bertz CT molecular complexity index is 539. The summed E-state index contributed by atoms with van der Waals surface area (Å²) in [4.78, 5) is 12.9. The Morgan fingerprint density at radius 3 is 3.05 bits per heavy atom. The highest BCUT2D eigenvalue weighted by Gasteiger charge is 2.22. The predicted octanol–water partition coefficient (Wildman–Crippen LogP) is 2.38. The molecule has 20 heavy (non-hydrogen) atoms. The molecule has 5 heteroatoms. The molecule has 1 fully saturated rings. The van der Waals surface area contributed by atoms with Gasteiger partial charge in [0.05, 0.1) is 5.56 Å². The van der Waals surface area contributed by atoms with Crippen LogP contribution in [-0.4, -0.2) is 29.1 Å². The van der Waals surface area contributed by atoms with E-state index in [1.54, 1.807) is 12.1 Å². The van der Waals surface area contributed by atoms with Crippen LogP contribution < -0.4 is 0 Å². The van der Waals surface area contributed by atoms with E-state index < -0.39 is 11.8 Å². The van der Waals surface area contributed by atoms with Crippen LogP contribution in [0.2, 0.25) is 0 Å². The van der Waals surface area contributed by atoms with Crippen molar-refractivity contribution < 1.29 is 14.3 Å². The van der Waals surface area contributed by atoms with E-state index in [4.69, 9.17) is 10.4 Å². The molecule has 1 heterocycles. The third kappa shape index (κ3) is 3.78. The maximum atomic E-state index is 13.3. The first-order valence-electron chi connectivity index (χ1n) is 6.71. The van der Waals surface area contributed by atoms with Crippen LogP contribution in [0.15, 0.2) is 18.2 Å². The van der Waals surface area contributed by atoms with Crippen LogP contribution in [0.3, 0.4) is 0 Å². The minimum Gasteiger partial charge on any atom is -0.481 e. The number of aliphatic carboxylic acids is 1. The van der Waals surface area contributed by atoms with Crippen molar-refractivity contribution in [3.63, 3.8) is 0 Å². The van der Waals surface area contributed by atoms with Gasteiger partial charge in [0, 0.05) is 19.5 Å². The monoisotopic (exact) mass is 276 g/mol. The SMILES string of the molecule is N#Cc1cc(CN2CCCC(CC(=O)O)C2)ccc1F.